The lowest BCUT2D eigenvalue weighted by Crippen LogP contribution is -2.33. The van der Waals surface area contributed by atoms with Crippen molar-refractivity contribution in [3.8, 4) is 0 Å². The van der Waals surface area contributed by atoms with E-state index in [1.165, 1.54) is 44.8 Å². The molecule has 2 heterocycles. The minimum atomic E-state index is 0.311. The Hall–Kier alpha value is -3.00. The van der Waals surface area contributed by atoms with Crippen LogP contribution in [0.2, 0.25) is 0 Å². The molecule has 2 aliphatic heterocycles. The van der Waals surface area contributed by atoms with Gasteiger partial charge in [-0.25, -0.2) is 0 Å². The molecule has 146 valence electrons. The van der Waals surface area contributed by atoms with Gasteiger partial charge in [-0.2, -0.15) is 0 Å². The summed E-state index contributed by atoms with van der Waals surface area (Å²) in [4.78, 5) is 2.42. The summed E-state index contributed by atoms with van der Waals surface area (Å²) in [6, 6.07) is 16.1. The first kappa shape index (κ1) is 18.1. The van der Waals surface area contributed by atoms with E-state index in [1.54, 1.807) is 0 Å². The van der Waals surface area contributed by atoms with Gasteiger partial charge in [-0.3, -0.25) is 0 Å². The van der Waals surface area contributed by atoms with Crippen molar-refractivity contribution < 1.29 is 0 Å². The third-order valence-electron chi connectivity index (χ3n) is 6.36. The molecule has 1 aliphatic carbocycles. The fourth-order valence-electron chi connectivity index (χ4n) is 4.78. The van der Waals surface area contributed by atoms with E-state index in [1.807, 2.05) is 0 Å². The van der Waals surface area contributed by atoms with E-state index < -0.39 is 0 Å². The van der Waals surface area contributed by atoms with Crippen molar-refractivity contribution in [1.82, 2.24) is 0 Å². The van der Waals surface area contributed by atoms with Crippen LogP contribution >= 0.6 is 0 Å². The minimum Gasteiger partial charge on any atom is -0.377 e. The summed E-state index contributed by atoms with van der Waals surface area (Å²) in [7, 11) is 2.22. The molecule has 2 atom stereocenters. The number of anilines is 2. The predicted molar refractivity (Wildman–Crippen MR) is 125 cm³/mol. The van der Waals surface area contributed by atoms with Crippen molar-refractivity contribution in [1.29, 1.82) is 0 Å². The lowest BCUT2D eigenvalue weighted by Gasteiger charge is -2.38. The van der Waals surface area contributed by atoms with Gasteiger partial charge >= 0.3 is 0 Å². The zero-order valence-corrected chi connectivity index (χ0v) is 17.4. The van der Waals surface area contributed by atoms with E-state index in [2.05, 4.69) is 104 Å². The van der Waals surface area contributed by atoms with Crippen molar-refractivity contribution in [2.24, 2.45) is 0 Å². The molecule has 29 heavy (non-hydrogen) atoms. The second-order valence-corrected chi connectivity index (χ2v) is 8.35. The Balaban J connectivity index is 1.70. The summed E-state index contributed by atoms with van der Waals surface area (Å²) in [5, 5.41) is 3.79. The lowest BCUT2D eigenvalue weighted by atomic mass is 9.83. The number of benzene rings is 2. The number of likely N-dealkylation sites (N-methyl/N-ethyl adjacent to an activating group) is 1. The topological polar surface area (TPSA) is 15.3 Å². The van der Waals surface area contributed by atoms with Crippen molar-refractivity contribution in [3.63, 3.8) is 0 Å². The van der Waals surface area contributed by atoms with Gasteiger partial charge in [0.15, 0.2) is 0 Å². The number of rotatable bonds is 2. The lowest BCUT2D eigenvalue weighted by molar-refractivity contribution is 0.811. The van der Waals surface area contributed by atoms with Gasteiger partial charge < -0.3 is 10.2 Å². The summed E-state index contributed by atoms with van der Waals surface area (Å²) in [5.41, 5.74) is 10.7. The summed E-state index contributed by atoms with van der Waals surface area (Å²) in [6.45, 7) is 4.53. The third-order valence-corrected chi connectivity index (χ3v) is 6.36. The highest BCUT2D eigenvalue weighted by atomic mass is 15.2. The Morgan fingerprint density at radius 3 is 2.48 bits per heavy atom. The molecule has 2 nitrogen and oxygen atoms in total. The molecule has 0 spiro atoms. The highest BCUT2D eigenvalue weighted by Crippen LogP contribution is 2.48. The molecule has 2 aromatic rings. The van der Waals surface area contributed by atoms with Crippen LogP contribution in [0.15, 0.2) is 78.4 Å². The maximum Gasteiger partial charge on any atom is 0.0690 e. The third kappa shape index (κ3) is 3.04. The predicted octanol–water partition coefficient (Wildman–Crippen LogP) is 6.43. The smallest absolute Gasteiger partial charge is 0.0690 e. The Morgan fingerprint density at radius 1 is 0.931 bits per heavy atom. The van der Waals surface area contributed by atoms with Crippen LogP contribution in [0.25, 0.3) is 11.1 Å². The Bertz CT molecular complexity index is 1070. The number of hydrogen-bond donors (Lipinski definition) is 1. The molecule has 2 unspecified atom stereocenters. The Kier molecular flexibility index (Phi) is 4.43. The molecule has 1 N–H and O–H groups in total. The van der Waals surface area contributed by atoms with Gasteiger partial charge in [0.2, 0.25) is 0 Å². The van der Waals surface area contributed by atoms with E-state index in [-0.39, 0.29) is 0 Å². The first-order chi connectivity index (χ1) is 14.1. The van der Waals surface area contributed by atoms with Crippen LogP contribution in [0.1, 0.15) is 43.4 Å². The zero-order chi connectivity index (χ0) is 20.0. The highest BCUT2D eigenvalue weighted by Gasteiger charge is 2.30. The number of hydrogen-bond acceptors (Lipinski definition) is 2. The average molecular weight is 381 g/mol. The molecule has 0 aromatic heterocycles. The van der Waals surface area contributed by atoms with Crippen molar-refractivity contribution >= 4 is 22.5 Å². The van der Waals surface area contributed by atoms with E-state index in [0.717, 1.165) is 12.8 Å². The van der Waals surface area contributed by atoms with E-state index >= 15 is 0 Å². The normalized spacial score (nSPS) is 22.7. The zero-order valence-electron chi connectivity index (χ0n) is 17.4. The van der Waals surface area contributed by atoms with Gasteiger partial charge in [0, 0.05) is 30.3 Å². The van der Waals surface area contributed by atoms with Crippen LogP contribution in [-0.4, -0.2) is 19.1 Å². The fraction of sp³-hybridized carbons (Fsp3) is 0.259. The second-order valence-electron chi connectivity index (χ2n) is 8.35. The van der Waals surface area contributed by atoms with E-state index in [0.29, 0.717) is 12.1 Å². The molecule has 0 bridgehead atoms. The van der Waals surface area contributed by atoms with Crippen molar-refractivity contribution in [2.45, 2.75) is 38.8 Å². The number of nitrogens with zero attached hydrogens (tertiary/aromatic N) is 1. The molecule has 0 fully saturated rings. The van der Waals surface area contributed by atoms with Crippen LogP contribution in [0.4, 0.5) is 11.4 Å². The molecular formula is C27H28N2. The van der Waals surface area contributed by atoms with Crippen LogP contribution < -0.4 is 10.2 Å². The van der Waals surface area contributed by atoms with Gasteiger partial charge in [0.05, 0.1) is 11.4 Å². The van der Waals surface area contributed by atoms with E-state index in [4.69, 9.17) is 0 Å². The Labute approximate surface area is 173 Å². The molecule has 0 saturated heterocycles. The quantitative estimate of drug-likeness (QED) is 0.646. The molecule has 0 saturated carbocycles. The molecule has 2 aromatic carbocycles. The van der Waals surface area contributed by atoms with Gasteiger partial charge in [-0.15, -0.1) is 0 Å². The van der Waals surface area contributed by atoms with Crippen LogP contribution in [-0.2, 0) is 0 Å². The molecule has 0 radical (unpaired) electrons. The van der Waals surface area contributed by atoms with Crippen molar-refractivity contribution in [3.05, 3.63) is 95.1 Å². The average Bonchev–Trinajstić information content (AvgIpc) is 2.76. The maximum atomic E-state index is 3.79. The summed E-state index contributed by atoms with van der Waals surface area (Å²) < 4.78 is 0. The largest absolute Gasteiger partial charge is 0.377 e. The summed E-state index contributed by atoms with van der Waals surface area (Å²) >= 11 is 0. The van der Waals surface area contributed by atoms with Gasteiger partial charge in [0.25, 0.3) is 0 Å². The fourth-order valence-corrected chi connectivity index (χ4v) is 4.78. The first-order valence-corrected chi connectivity index (χ1v) is 10.7. The minimum absolute atomic E-state index is 0.311. The standard InChI is InChI=1S/C27H28N2/c1-18-16-24(20-10-6-4-7-11-20)22-14-15-23-25(21-12-8-5-9-13-21)17-19(2)29(3)27(23)26(22)28-18/h4-6,8-10,12-19,28H,7,11H2,1-3H3. The molecule has 2 heteroatoms. The molecular weight excluding hydrogens is 352 g/mol. The summed E-state index contributed by atoms with van der Waals surface area (Å²) in [6.07, 6.45) is 13.8. The molecule has 3 aliphatic rings. The second kappa shape index (κ2) is 7.11. The molecule has 0 amide bonds. The summed E-state index contributed by atoms with van der Waals surface area (Å²) in [5.74, 6) is 0. The number of allylic oxidation sites excluding steroid dienone is 5. The van der Waals surface area contributed by atoms with E-state index in [9.17, 15) is 0 Å². The van der Waals surface area contributed by atoms with Crippen LogP contribution in [0.3, 0.4) is 0 Å². The monoisotopic (exact) mass is 380 g/mol. The maximum absolute atomic E-state index is 3.79. The van der Waals surface area contributed by atoms with Gasteiger partial charge in [0.1, 0.15) is 0 Å². The van der Waals surface area contributed by atoms with Gasteiger partial charge in [-0.1, -0.05) is 72.8 Å². The van der Waals surface area contributed by atoms with Crippen molar-refractivity contribution in [2.75, 3.05) is 17.3 Å². The van der Waals surface area contributed by atoms with Crippen LogP contribution in [0.5, 0.6) is 0 Å². The first-order valence-electron chi connectivity index (χ1n) is 10.7. The SMILES string of the molecule is CC1C=C(C2=CC=CCC2)c2ccc3c(c2N1)N(C)C(C)C=C3c1ccccc1. The number of nitrogens with one attached hydrogen (secondary N) is 1. The number of fused-ring (bicyclic) bond motifs is 3. The highest BCUT2D eigenvalue weighted by molar-refractivity contribution is 6.01. The Morgan fingerprint density at radius 2 is 1.72 bits per heavy atom. The van der Waals surface area contributed by atoms with Gasteiger partial charge in [-0.05, 0) is 49.0 Å². The molecule has 5 rings (SSSR count). The van der Waals surface area contributed by atoms with Crippen LogP contribution in [0, 0.1) is 0 Å².